The fourth-order valence-electron chi connectivity index (χ4n) is 5.21. The molecule has 0 amide bonds. The zero-order chi connectivity index (χ0) is 44.4. The lowest BCUT2D eigenvalue weighted by Gasteiger charge is -2.18. The standard InChI is InChI=1S/C55H78O6/c1-4-7-10-13-16-19-22-25-26-27-28-31-33-36-39-42-45-48-54(57)60-51-52(61-55(58)49-46-43-40-37-34-30-24-21-18-15-12-9-6-3)50-59-53(56)47-44-41-38-35-32-29-23-20-17-14-11-8-5-2/h7-28,30-31,33-34,37,40,52H,4-6,29,32,35-36,38-39,41-51H2,1-3H3/b10-7-,11-8-,12-9-,16-13-,17-14-,18-15-,22-19-,23-20-,24-21-,26-25-,28-27+,33-31-,34-30-,40-37-. The highest BCUT2D eigenvalue weighted by atomic mass is 16.6. The Kier molecular flexibility index (Phi) is 43.4. The Bertz CT molecular complexity index is 1520. The van der Waals surface area contributed by atoms with Crippen molar-refractivity contribution in [3.05, 3.63) is 170 Å². The van der Waals surface area contributed by atoms with E-state index in [9.17, 15) is 14.4 Å². The lowest BCUT2D eigenvalue weighted by molar-refractivity contribution is -0.167. The Balaban J connectivity index is 4.67. The quantitative estimate of drug-likeness (QED) is 0.0268. The van der Waals surface area contributed by atoms with Gasteiger partial charge >= 0.3 is 17.9 Å². The summed E-state index contributed by atoms with van der Waals surface area (Å²) in [5, 5.41) is 0. The third-order valence-corrected chi connectivity index (χ3v) is 8.55. The van der Waals surface area contributed by atoms with Crippen LogP contribution < -0.4 is 0 Å². The maximum Gasteiger partial charge on any atom is 0.306 e. The lowest BCUT2D eigenvalue weighted by Crippen LogP contribution is -2.30. The maximum absolute atomic E-state index is 12.7. The van der Waals surface area contributed by atoms with Gasteiger partial charge in [0.15, 0.2) is 6.10 Å². The summed E-state index contributed by atoms with van der Waals surface area (Å²) in [4.78, 5) is 37.8. The second-order valence-corrected chi connectivity index (χ2v) is 14.1. The molecule has 0 saturated carbocycles. The van der Waals surface area contributed by atoms with E-state index in [0.717, 1.165) is 77.0 Å². The summed E-state index contributed by atoms with van der Waals surface area (Å²) in [5.74, 6) is -1.10. The minimum absolute atomic E-state index is 0.142. The Labute approximate surface area is 371 Å². The molecule has 0 saturated heterocycles. The Morgan fingerprint density at radius 1 is 0.328 bits per heavy atom. The molecule has 0 bridgehead atoms. The third kappa shape index (κ3) is 45.7. The number of hydrogen-bond donors (Lipinski definition) is 0. The van der Waals surface area contributed by atoms with E-state index in [1.807, 2.05) is 128 Å². The molecule has 0 fully saturated rings. The van der Waals surface area contributed by atoms with Gasteiger partial charge in [0.2, 0.25) is 0 Å². The van der Waals surface area contributed by atoms with Crippen molar-refractivity contribution in [3.8, 4) is 0 Å². The Morgan fingerprint density at radius 3 is 0.984 bits per heavy atom. The average Bonchev–Trinajstić information content (AvgIpc) is 3.26. The van der Waals surface area contributed by atoms with Gasteiger partial charge in [-0.25, -0.2) is 0 Å². The zero-order valence-electron chi connectivity index (χ0n) is 37.8. The highest BCUT2D eigenvalue weighted by Crippen LogP contribution is 2.11. The molecule has 0 aliphatic heterocycles. The van der Waals surface area contributed by atoms with Crippen LogP contribution in [0.1, 0.15) is 136 Å². The fraction of sp³-hybridized carbons (Fsp3) is 0.436. The summed E-state index contributed by atoms with van der Waals surface area (Å²) in [7, 11) is 0. The topological polar surface area (TPSA) is 78.9 Å². The molecule has 0 aromatic rings. The monoisotopic (exact) mass is 835 g/mol. The number of allylic oxidation sites excluding steroid dienone is 28. The molecular formula is C55H78O6. The van der Waals surface area contributed by atoms with Gasteiger partial charge in [-0.05, 0) is 70.6 Å². The van der Waals surface area contributed by atoms with Crippen molar-refractivity contribution < 1.29 is 28.6 Å². The van der Waals surface area contributed by atoms with E-state index in [4.69, 9.17) is 14.2 Å². The van der Waals surface area contributed by atoms with Gasteiger partial charge in [-0.2, -0.15) is 0 Å². The van der Waals surface area contributed by atoms with Gasteiger partial charge in [0.1, 0.15) is 13.2 Å². The summed E-state index contributed by atoms with van der Waals surface area (Å²) in [6, 6.07) is 0. The summed E-state index contributed by atoms with van der Waals surface area (Å²) in [5.41, 5.74) is 0. The van der Waals surface area contributed by atoms with Crippen LogP contribution in [0.2, 0.25) is 0 Å². The van der Waals surface area contributed by atoms with Crippen LogP contribution in [0, 0.1) is 0 Å². The van der Waals surface area contributed by atoms with Crippen LogP contribution in [-0.4, -0.2) is 37.2 Å². The van der Waals surface area contributed by atoms with Crippen molar-refractivity contribution in [1.82, 2.24) is 0 Å². The van der Waals surface area contributed by atoms with Crippen LogP contribution in [0.15, 0.2) is 170 Å². The van der Waals surface area contributed by atoms with Gasteiger partial charge in [0.05, 0.1) is 0 Å². The first-order valence-electron chi connectivity index (χ1n) is 22.8. The van der Waals surface area contributed by atoms with Gasteiger partial charge in [-0.1, -0.05) is 217 Å². The maximum atomic E-state index is 12.7. The van der Waals surface area contributed by atoms with Gasteiger partial charge in [-0.3, -0.25) is 14.4 Å². The van der Waals surface area contributed by atoms with Crippen LogP contribution in [-0.2, 0) is 28.6 Å². The predicted molar refractivity (Wildman–Crippen MR) is 260 cm³/mol. The van der Waals surface area contributed by atoms with Gasteiger partial charge in [-0.15, -0.1) is 0 Å². The smallest absolute Gasteiger partial charge is 0.306 e. The molecule has 61 heavy (non-hydrogen) atoms. The van der Waals surface area contributed by atoms with Crippen molar-refractivity contribution in [1.29, 1.82) is 0 Å². The van der Waals surface area contributed by atoms with Crippen molar-refractivity contribution in [2.45, 2.75) is 142 Å². The minimum atomic E-state index is -0.850. The van der Waals surface area contributed by atoms with E-state index in [0.29, 0.717) is 25.7 Å². The number of carbonyl (C=O) groups excluding carboxylic acids is 3. The first kappa shape index (κ1) is 55.8. The van der Waals surface area contributed by atoms with Crippen molar-refractivity contribution in [2.24, 2.45) is 0 Å². The normalized spacial score (nSPS) is 13.7. The largest absolute Gasteiger partial charge is 0.462 e. The van der Waals surface area contributed by atoms with E-state index in [-0.39, 0.29) is 38.0 Å². The van der Waals surface area contributed by atoms with Crippen LogP contribution in [0.4, 0.5) is 0 Å². The average molecular weight is 835 g/mol. The third-order valence-electron chi connectivity index (χ3n) is 8.55. The highest BCUT2D eigenvalue weighted by molar-refractivity contribution is 5.71. The van der Waals surface area contributed by atoms with Crippen LogP contribution in [0.3, 0.4) is 0 Å². The molecule has 6 nitrogen and oxygen atoms in total. The fourth-order valence-corrected chi connectivity index (χ4v) is 5.21. The molecule has 0 aliphatic rings. The minimum Gasteiger partial charge on any atom is -0.462 e. The van der Waals surface area contributed by atoms with E-state index < -0.39 is 12.1 Å². The second kappa shape index (κ2) is 47.4. The molecule has 0 heterocycles. The van der Waals surface area contributed by atoms with E-state index in [2.05, 4.69) is 63.3 Å². The SMILES string of the molecule is CC\C=C/C=C\C=C/C=C\C=C/CCCC(=O)OC(COC(=O)CCCCC\C=C/C=C/C=C\C=C/C=C\C=C/CC)COC(=O)CCCCCCC\C=C/C=C\C=C/CC. The van der Waals surface area contributed by atoms with E-state index >= 15 is 0 Å². The van der Waals surface area contributed by atoms with E-state index in [1.54, 1.807) is 0 Å². The number of esters is 3. The molecule has 6 heteroatoms. The van der Waals surface area contributed by atoms with Crippen molar-refractivity contribution in [2.75, 3.05) is 13.2 Å². The summed E-state index contributed by atoms with van der Waals surface area (Å²) in [6.45, 7) is 6.04. The zero-order valence-corrected chi connectivity index (χ0v) is 37.8. The first-order valence-corrected chi connectivity index (χ1v) is 22.8. The molecule has 0 aliphatic carbocycles. The molecule has 0 rings (SSSR count). The summed E-state index contributed by atoms with van der Waals surface area (Å²) >= 11 is 0. The molecule has 0 radical (unpaired) electrons. The number of unbranched alkanes of at least 4 members (excludes halogenated alkanes) is 9. The predicted octanol–water partition coefficient (Wildman–Crippen LogP) is 14.9. The molecule has 0 N–H and O–H groups in total. The molecule has 1 unspecified atom stereocenters. The van der Waals surface area contributed by atoms with Gasteiger partial charge < -0.3 is 14.2 Å². The van der Waals surface area contributed by atoms with Crippen LogP contribution in [0.5, 0.6) is 0 Å². The molecule has 0 aromatic heterocycles. The first-order chi connectivity index (χ1) is 30.0. The lowest BCUT2D eigenvalue weighted by atomic mass is 10.1. The Morgan fingerprint density at radius 2 is 0.607 bits per heavy atom. The summed E-state index contributed by atoms with van der Waals surface area (Å²) < 4.78 is 16.6. The number of carbonyl (C=O) groups is 3. The highest BCUT2D eigenvalue weighted by Gasteiger charge is 2.19. The molecular weight excluding hydrogens is 757 g/mol. The number of ether oxygens (including phenoxy) is 3. The van der Waals surface area contributed by atoms with Crippen LogP contribution >= 0.6 is 0 Å². The van der Waals surface area contributed by atoms with Gasteiger partial charge in [0.25, 0.3) is 0 Å². The summed E-state index contributed by atoms with van der Waals surface area (Å²) in [6.07, 6.45) is 70.5. The van der Waals surface area contributed by atoms with Crippen molar-refractivity contribution in [3.63, 3.8) is 0 Å². The molecule has 0 spiro atoms. The Hall–Kier alpha value is -5.23. The number of rotatable bonds is 37. The van der Waals surface area contributed by atoms with Crippen LogP contribution in [0.25, 0.3) is 0 Å². The molecule has 334 valence electrons. The molecule has 0 aromatic carbocycles. The molecule has 1 atom stereocenters. The van der Waals surface area contributed by atoms with E-state index in [1.165, 1.54) is 0 Å². The van der Waals surface area contributed by atoms with Crippen molar-refractivity contribution >= 4 is 17.9 Å². The van der Waals surface area contributed by atoms with Gasteiger partial charge in [0, 0.05) is 19.3 Å². The second-order valence-electron chi connectivity index (χ2n) is 14.1. The number of hydrogen-bond acceptors (Lipinski definition) is 6.